The van der Waals surface area contributed by atoms with Gasteiger partial charge in [0, 0.05) is 31.2 Å². The normalized spacial score (nSPS) is 34.9. The molecule has 3 fully saturated rings. The van der Waals surface area contributed by atoms with Crippen LogP contribution in [0.15, 0.2) is 34.7 Å². The van der Waals surface area contributed by atoms with Crippen molar-refractivity contribution in [2.24, 2.45) is 0 Å². The maximum atomic E-state index is 11.5. The van der Waals surface area contributed by atoms with Crippen molar-refractivity contribution < 1.29 is 108 Å². The third-order valence-electron chi connectivity index (χ3n) is 10.0. The molecule has 22 heteroatoms. The summed E-state index contributed by atoms with van der Waals surface area (Å²) >= 11 is 0. The summed E-state index contributed by atoms with van der Waals surface area (Å²) in [6.07, 6.45) is -24.5. The first-order chi connectivity index (χ1) is 28.0. The van der Waals surface area contributed by atoms with Crippen LogP contribution < -0.4 is 18.9 Å². The third kappa shape index (κ3) is 8.90. The van der Waals surface area contributed by atoms with Gasteiger partial charge in [0.15, 0.2) is 23.9 Å². The van der Waals surface area contributed by atoms with E-state index in [1.54, 1.807) is 0 Å². The summed E-state index contributed by atoms with van der Waals surface area (Å²) in [6, 6.07) is 6.18. The van der Waals surface area contributed by atoms with Gasteiger partial charge in [0.25, 0.3) is 0 Å². The Labute approximate surface area is 334 Å². The molecule has 4 heterocycles. The number of hydrogen-bond donors (Lipinski definition) is 11. The van der Waals surface area contributed by atoms with Crippen LogP contribution >= 0.6 is 0 Å². The first-order valence-electron chi connectivity index (χ1n) is 18.2. The molecule has 2 aromatic carbocycles. The van der Waals surface area contributed by atoms with Crippen LogP contribution in [0.4, 0.5) is 0 Å². The lowest BCUT2D eigenvalue weighted by molar-refractivity contribution is -0.319. The van der Waals surface area contributed by atoms with Gasteiger partial charge in [-0.3, -0.25) is 4.79 Å². The Kier molecular flexibility index (Phi) is 13.5. The number of carbonyl (C=O) groups excluding carboxylic acids is 1. The first-order valence-corrected chi connectivity index (χ1v) is 18.2. The Morgan fingerprint density at radius 3 is 1.81 bits per heavy atom. The lowest BCUT2D eigenvalue weighted by Crippen LogP contribution is -2.62. The Morgan fingerprint density at radius 2 is 1.24 bits per heavy atom. The molecule has 326 valence electrons. The minimum Gasteiger partial charge on any atom is -0.507 e. The zero-order valence-electron chi connectivity index (χ0n) is 31.9. The number of hydrogen-bond acceptors (Lipinski definition) is 21. The van der Waals surface area contributed by atoms with Crippen LogP contribution in [-0.4, -0.2) is 182 Å². The molecule has 59 heavy (non-hydrogen) atoms. The summed E-state index contributed by atoms with van der Waals surface area (Å²) in [7, 11) is 2.54. The molecule has 3 aliphatic heterocycles. The molecule has 0 saturated carbocycles. The lowest BCUT2D eigenvalue weighted by Gasteiger charge is -2.42. The molecule has 6 rings (SSSR count). The standard InChI is InChI=1S/C37H46O22/c1-12-33(54-13(2)39)29(46)32(49)35(53-12)52-11-23-26(43)28(45)31(48)37(59-23)57-21-9-16-17(55-34(21)14-5-19(50-3)24(41)20(6-14)51-4)7-15(40)8-18(16)56-36-30(47)27(44)25(42)22(10-38)58-36/h5-9,12,22-23,25-33,35-38,42-49H,10-11H2,1-4H3,(H-,40,41)/p+1/t12-,22+,23+,25+,26+,27-,28-,29-,30+,31+,32+,33-,35+,36+,37+/m0/s1. The second-order valence-electron chi connectivity index (χ2n) is 14.1. The van der Waals surface area contributed by atoms with Gasteiger partial charge >= 0.3 is 17.3 Å². The Morgan fingerprint density at radius 1 is 0.678 bits per heavy atom. The van der Waals surface area contributed by atoms with Crippen molar-refractivity contribution in [3.63, 3.8) is 0 Å². The molecule has 11 N–H and O–H groups in total. The summed E-state index contributed by atoms with van der Waals surface area (Å²) in [4.78, 5) is 11.5. The highest BCUT2D eigenvalue weighted by atomic mass is 16.7. The molecule has 0 unspecified atom stereocenters. The van der Waals surface area contributed by atoms with Gasteiger partial charge < -0.3 is 98.8 Å². The summed E-state index contributed by atoms with van der Waals surface area (Å²) in [5.41, 5.74) is 0.00488. The van der Waals surface area contributed by atoms with Crippen LogP contribution in [0.3, 0.4) is 0 Å². The monoisotopic (exact) mass is 843 g/mol. The molecule has 15 atom stereocenters. The van der Waals surface area contributed by atoms with E-state index in [0.29, 0.717) is 0 Å². The van der Waals surface area contributed by atoms with Crippen molar-refractivity contribution in [3.05, 3.63) is 30.3 Å². The number of fused-ring (bicyclic) bond motifs is 1. The van der Waals surface area contributed by atoms with E-state index < -0.39 is 117 Å². The molecule has 3 aliphatic rings. The van der Waals surface area contributed by atoms with E-state index in [-0.39, 0.29) is 51.0 Å². The van der Waals surface area contributed by atoms with Gasteiger partial charge in [0.1, 0.15) is 77.9 Å². The summed E-state index contributed by atoms with van der Waals surface area (Å²) in [6.45, 7) is 1.19. The van der Waals surface area contributed by atoms with Crippen LogP contribution in [-0.2, 0) is 28.5 Å². The van der Waals surface area contributed by atoms with Crippen LogP contribution in [0.25, 0.3) is 22.3 Å². The zero-order valence-corrected chi connectivity index (χ0v) is 31.9. The number of aliphatic hydroxyl groups excluding tert-OH is 9. The zero-order chi connectivity index (χ0) is 43.0. The molecular weight excluding hydrogens is 796 g/mol. The largest absolute Gasteiger partial charge is 0.507 e. The van der Waals surface area contributed by atoms with Crippen molar-refractivity contribution in [1.29, 1.82) is 0 Å². The van der Waals surface area contributed by atoms with Gasteiger partial charge in [-0.05, 0) is 6.92 Å². The smallest absolute Gasteiger partial charge is 0.402 e. The fourth-order valence-corrected chi connectivity index (χ4v) is 6.84. The maximum absolute atomic E-state index is 11.5. The lowest BCUT2D eigenvalue weighted by atomic mass is 9.98. The van der Waals surface area contributed by atoms with Gasteiger partial charge in [-0.1, -0.05) is 0 Å². The van der Waals surface area contributed by atoms with Crippen LogP contribution in [0.2, 0.25) is 0 Å². The third-order valence-corrected chi connectivity index (χ3v) is 10.0. The number of phenolic OH excluding ortho intramolecular Hbond substituents is 2. The molecule has 0 radical (unpaired) electrons. The summed E-state index contributed by atoms with van der Waals surface area (Å²) < 4.78 is 56.4. The van der Waals surface area contributed by atoms with E-state index in [1.807, 2.05) is 0 Å². The molecule has 3 saturated heterocycles. The topological polar surface area (TPSA) is 334 Å². The van der Waals surface area contributed by atoms with E-state index in [4.69, 9.17) is 47.0 Å². The molecule has 0 amide bonds. The number of aromatic hydroxyl groups is 2. The Hall–Kier alpha value is -4.40. The molecule has 22 nitrogen and oxygen atoms in total. The maximum Gasteiger partial charge on any atom is 0.402 e. The number of esters is 1. The van der Waals surface area contributed by atoms with Gasteiger partial charge in [0.2, 0.25) is 24.1 Å². The number of carbonyl (C=O) groups is 1. The van der Waals surface area contributed by atoms with E-state index in [1.165, 1.54) is 45.4 Å². The van der Waals surface area contributed by atoms with Gasteiger partial charge in [0.05, 0.1) is 45.2 Å². The van der Waals surface area contributed by atoms with Crippen molar-refractivity contribution in [2.75, 3.05) is 27.4 Å². The highest BCUT2D eigenvalue weighted by Crippen LogP contribution is 2.46. The molecule has 0 spiro atoms. The van der Waals surface area contributed by atoms with Crippen LogP contribution in [0.1, 0.15) is 13.8 Å². The Balaban J connectivity index is 1.36. The van der Waals surface area contributed by atoms with Crippen LogP contribution in [0.5, 0.6) is 34.5 Å². The van der Waals surface area contributed by atoms with E-state index >= 15 is 0 Å². The number of rotatable bonds is 12. The van der Waals surface area contributed by atoms with E-state index in [9.17, 15) is 61.0 Å². The van der Waals surface area contributed by atoms with E-state index in [2.05, 4.69) is 0 Å². The number of aliphatic hydroxyl groups is 9. The highest BCUT2D eigenvalue weighted by Gasteiger charge is 2.49. The predicted molar refractivity (Wildman–Crippen MR) is 192 cm³/mol. The number of benzene rings is 2. The van der Waals surface area contributed by atoms with Crippen molar-refractivity contribution >= 4 is 16.9 Å². The number of methoxy groups -OCH3 is 2. The average molecular weight is 844 g/mol. The second kappa shape index (κ2) is 18.1. The number of ether oxygens (including phenoxy) is 9. The summed E-state index contributed by atoms with van der Waals surface area (Å²) in [5, 5.41) is 116. The van der Waals surface area contributed by atoms with E-state index in [0.717, 1.165) is 13.0 Å². The first kappa shape index (κ1) is 44.2. The summed E-state index contributed by atoms with van der Waals surface area (Å²) in [5.74, 6) is -2.43. The molecule has 0 aliphatic carbocycles. The fraction of sp³-hybridized carbons (Fsp3) is 0.568. The minimum absolute atomic E-state index is 0.00912. The SMILES string of the molecule is COc1cc(-c2[o+]c3cc(O)cc(O[C@@H]4O[C@H](CO)[C@@H](O)[C@H](O)[C@H]4O)c3cc2O[C@@H]2O[C@H](CO[C@@H]3O[C@@H](C)[C@H](OC(C)=O)[C@@H](O)[C@H]3O)[C@@H](O)[C@H](O)[C@H]2O)cc(OC)c1O. The average Bonchev–Trinajstić information content (AvgIpc) is 3.20. The predicted octanol–water partition coefficient (Wildman–Crippen LogP) is -2.41. The fourth-order valence-electron chi connectivity index (χ4n) is 6.84. The quantitative estimate of drug-likeness (QED) is 0.0668. The van der Waals surface area contributed by atoms with Crippen molar-refractivity contribution in [3.8, 4) is 45.8 Å². The molecular formula is C37H47O22+. The molecule has 1 aromatic heterocycles. The molecule has 0 bridgehead atoms. The van der Waals surface area contributed by atoms with Gasteiger partial charge in [-0.15, -0.1) is 0 Å². The Bertz CT molecular complexity index is 1920. The molecule has 3 aromatic rings. The van der Waals surface area contributed by atoms with Crippen LogP contribution in [0, 0.1) is 0 Å². The van der Waals surface area contributed by atoms with Gasteiger partial charge in [-0.25, -0.2) is 4.42 Å². The second-order valence-corrected chi connectivity index (χ2v) is 14.1. The highest BCUT2D eigenvalue weighted by molar-refractivity contribution is 5.89. The van der Waals surface area contributed by atoms with Crippen molar-refractivity contribution in [1.82, 2.24) is 0 Å². The minimum atomic E-state index is -1.96. The van der Waals surface area contributed by atoms with Gasteiger partial charge in [-0.2, -0.15) is 0 Å². The number of phenols is 2. The van der Waals surface area contributed by atoms with Crippen molar-refractivity contribution in [2.45, 2.75) is 106 Å².